The highest BCUT2D eigenvalue weighted by atomic mass is 16.5. The number of hydrogen-bond acceptors (Lipinski definition) is 9. The van der Waals surface area contributed by atoms with Gasteiger partial charge in [0.25, 0.3) is 5.91 Å². The average Bonchev–Trinajstić information content (AvgIpc) is 3.37. The summed E-state index contributed by atoms with van der Waals surface area (Å²) in [5.41, 5.74) is 3.24. The number of carbonyl (C=O) groups is 1. The maximum Gasteiger partial charge on any atom is 0.281 e. The van der Waals surface area contributed by atoms with E-state index in [9.17, 15) is 4.79 Å². The Labute approximate surface area is 221 Å². The lowest BCUT2D eigenvalue weighted by molar-refractivity contribution is 0.0947. The molecule has 0 atom stereocenters. The molecule has 0 amide bonds. The maximum atomic E-state index is 13.5. The van der Waals surface area contributed by atoms with Gasteiger partial charge in [0, 0.05) is 18.7 Å². The van der Waals surface area contributed by atoms with E-state index < -0.39 is 0 Å². The number of ether oxygens (including phenoxy) is 4. The number of anilines is 2. The molecule has 1 aromatic heterocycles. The molecule has 0 saturated carbocycles. The lowest BCUT2D eigenvalue weighted by Crippen LogP contribution is -2.18. The van der Waals surface area contributed by atoms with Gasteiger partial charge >= 0.3 is 0 Å². The number of nitrogens with zero attached hydrogens (tertiary/aromatic N) is 3. The zero-order valence-corrected chi connectivity index (χ0v) is 22.1. The van der Waals surface area contributed by atoms with Gasteiger partial charge in [-0.05, 0) is 53.9 Å². The van der Waals surface area contributed by atoms with E-state index in [1.54, 1.807) is 34.5 Å². The second-order valence-electron chi connectivity index (χ2n) is 8.38. The van der Waals surface area contributed by atoms with Crippen LogP contribution in [-0.4, -0.2) is 49.1 Å². The van der Waals surface area contributed by atoms with Gasteiger partial charge in [0.2, 0.25) is 11.9 Å². The molecule has 10 heteroatoms. The highest BCUT2D eigenvalue weighted by molar-refractivity contribution is 5.98. The van der Waals surface area contributed by atoms with Crippen LogP contribution in [0.4, 0.5) is 11.9 Å². The van der Waals surface area contributed by atoms with Crippen molar-refractivity contribution in [2.24, 2.45) is 0 Å². The lowest BCUT2D eigenvalue weighted by atomic mass is 10.1. The van der Waals surface area contributed by atoms with Crippen LogP contribution in [-0.2, 0) is 13.1 Å². The van der Waals surface area contributed by atoms with Gasteiger partial charge in [-0.25, -0.2) is 0 Å². The van der Waals surface area contributed by atoms with E-state index in [1.807, 2.05) is 61.5 Å². The molecule has 4 aromatic rings. The Morgan fingerprint density at radius 1 is 0.763 bits per heavy atom. The molecule has 0 saturated heterocycles. The first-order chi connectivity index (χ1) is 18.5. The number of methoxy groups -OCH3 is 4. The molecule has 0 unspecified atom stereocenters. The molecule has 10 nitrogen and oxygen atoms in total. The molecule has 0 fully saturated rings. The van der Waals surface area contributed by atoms with Crippen LogP contribution < -0.4 is 29.6 Å². The van der Waals surface area contributed by atoms with E-state index in [4.69, 9.17) is 18.9 Å². The first-order valence-corrected chi connectivity index (χ1v) is 11.9. The monoisotopic (exact) mass is 517 g/mol. The Morgan fingerprint density at radius 3 is 1.87 bits per heavy atom. The number of aryl methyl sites for hydroxylation is 1. The largest absolute Gasteiger partial charge is 0.493 e. The van der Waals surface area contributed by atoms with Gasteiger partial charge in [0.1, 0.15) is 0 Å². The molecule has 0 spiro atoms. The molecule has 1 heterocycles. The predicted molar refractivity (Wildman–Crippen MR) is 145 cm³/mol. The van der Waals surface area contributed by atoms with Gasteiger partial charge in [0.15, 0.2) is 23.0 Å². The SMILES string of the molecule is COc1ccc(CNc2nc(NCc3ccc(OC)c(OC)c3)n(C(=O)c3ccccc3C)n2)cc1OC. The van der Waals surface area contributed by atoms with Crippen molar-refractivity contribution in [2.45, 2.75) is 20.0 Å². The second-order valence-corrected chi connectivity index (χ2v) is 8.38. The van der Waals surface area contributed by atoms with Gasteiger partial charge in [-0.2, -0.15) is 9.67 Å². The maximum absolute atomic E-state index is 13.5. The van der Waals surface area contributed by atoms with Crippen LogP contribution in [0, 0.1) is 6.92 Å². The van der Waals surface area contributed by atoms with Gasteiger partial charge in [-0.1, -0.05) is 30.3 Å². The highest BCUT2D eigenvalue weighted by Crippen LogP contribution is 2.29. The van der Waals surface area contributed by atoms with Crippen LogP contribution in [0.3, 0.4) is 0 Å². The van der Waals surface area contributed by atoms with Crippen LogP contribution in [0.5, 0.6) is 23.0 Å². The van der Waals surface area contributed by atoms with Crippen molar-refractivity contribution in [3.8, 4) is 23.0 Å². The number of benzene rings is 3. The van der Waals surface area contributed by atoms with Crippen LogP contribution in [0.25, 0.3) is 0 Å². The Balaban J connectivity index is 1.59. The summed E-state index contributed by atoms with van der Waals surface area (Å²) in [6.45, 7) is 2.68. The molecule has 0 aliphatic rings. The van der Waals surface area contributed by atoms with E-state index in [-0.39, 0.29) is 5.91 Å². The predicted octanol–water partition coefficient (Wildman–Crippen LogP) is 4.53. The smallest absolute Gasteiger partial charge is 0.281 e. The number of hydrogen-bond donors (Lipinski definition) is 2. The summed E-state index contributed by atoms with van der Waals surface area (Å²) in [5, 5.41) is 10.9. The molecule has 2 N–H and O–H groups in total. The zero-order chi connectivity index (χ0) is 27.1. The van der Waals surface area contributed by atoms with E-state index in [2.05, 4.69) is 20.7 Å². The van der Waals surface area contributed by atoms with Crippen molar-refractivity contribution >= 4 is 17.8 Å². The molecule has 0 radical (unpaired) electrons. The van der Waals surface area contributed by atoms with Crippen LogP contribution in [0.15, 0.2) is 60.7 Å². The number of nitrogens with one attached hydrogen (secondary N) is 2. The van der Waals surface area contributed by atoms with Gasteiger partial charge in [0.05, 0.1) is 28.4 Å². The fraction of sp³-hybridized carbons (Fsp3) is 0.250. The topological polar surface area (TPSA) is 109 Å². The standard InChI is InChI=1S/C28H31N5O5/c1-18-8-6-7-9-21(18)26(34)33-28(30-17-20-11-13-23(36-3)25(15-20)38-5)31-27(32-33)29-16-19-10-12-22(35-2)24(14-19)37-4/h6-15H,16-17H2,1-5H3,(H2,29,30,31,32). The summed E-state index contributed by atoms with van der Waals surface area (Å²) in [6, 6.07) is 18.6. The third-order valence-electron chi connectivity index (χ3n) is 5.97. The summed E-state index contributed by atoms with van der Waals surface area (Å²) in [4.78, 5) is 18.0. The molecule has 198 valence electrons. The van der Waals surface area contributed by atoms with Crippen molar-refractivity contribution in [2.75, 3.05) is 39.1 Å². The summed E-state index contributed by atoms with van der Waals surface area (Å²) >= 11 is 0. The molecule has 0 aliphatic heterocycles. The molecule has 38 heavy (non-hydrogen) atoms. The molecular weight excluding hydrogens is 486 g/mol. The molecule has 0 bridgehead atoms. The van der Waals surface area contributed by atoms with Crippen LogP contribution >= 0.6 is 0 Å². The summed E-state index contributed by atoms with van der Waals surface area (Å²) in [5.74, 6) is 2.84. The fourth-order valence-corrected chi connectivity index (χ4v) is 3.91. The summed E-state index contributed by atoms with van der Waals surface area (Å²) in [7, 11) is 6.36. The lowest BCUT2D eigenvalue weighted by Gasteiger charge is -2.11. The molecule has 3 aromatic carbocycles. The van der Waals surface area contributed by atoms with E-state index in [0.717, 1.165) is 16.7 Å². The number of rotatable bonds is 11. The Bertz CT molecular complexity index is 1420. The minimum atomic E-state index is -0.287. The van der Waals surface area contributed by atoms with Crippen LogP contribution in [0.1, 0.15) is 27.0 Å². The minimum absolute atomic E-state index is 0.287. The van der Waals surface area contributed by atoms with Crippen molar-refractivity contribution in [1.82, 2.24) is 14.8 Å². The van der Waals surface area contributed by atoms with Gasteiger partial charge in [-0.3, -0.25) is 4.79 Å². The van der Waals surface area contributed by atoms with E-state index in [1.165, 1.54) is 4.68 Å². The summed E-state index contributed by atoms with van der Waals surface area (Å²) in [6.07, 6.45) is 0. The third kappa shape index (κ3) is 5.80. The van der Waals surface area contributed by atoms with Gasteiger partial charge < -0.3 is 29.6 Å². The van der Waals surface area contributed by atoms with E-state index in [0.29, 0.717) is 53.5 Å². The molecule has 0 aliphatic carbocycles. The highest BCUT2D eigenvalue weighted by Gasteiger charge is 2.19. The first kappa shape index (κ1) is 26.3. The molecule has 4 rings (SSSR count). The Morgan fingerprint density at radius 2 is 1.32 bits per heavy atom. The quantitative estimate of drug-likeness (QED) is 0.296. The second kappa shape index (κ2) is 12.0. The number of aromatic nitrogens is 3. The number of carbonyl (C=O) groups excluding carboxylic acids is 1. The first-order valence-electron chi connectivity index (χ1n) is 11.9. The molecular formula is C28H31N5O5. The Hall–Kier alpha value is -4.73. The van der Waals surface area contributed by atoms with Crippen molar-refractivity contribution in [1.29, 1.82) is 0 Å². The average molecular weight is 518 g/mol. The minimum Gasteiger partial charge on any atom is -0.493 e. The third-order valence-corrected chi connectivity index (χ3v) is 5.97. The Kier molecular flexibility index (Phi) is 8.32. The van der Waals surface area contributed by atoms with E-state index >= 15 is 0 Å². The fourth-order valence-electron chi connectivity index (χ4n) is 3.91. The van der Waals surface area contributed by atoms with Crippen molar-refractivity contribution in [3.05, 3.63) is 82.9 Å². The summed E-state index contributed by atoms with van der Waals surface area (Å²) < 4.78 is 22.7. The zero-order valence-electron chi connectivity index (χ0n) is 22.1. The van der Waals surface area contributed by atoms with Crippen molar-refractivity contribution in [3.63, 3.8) is 0 Å². The normalized spacial score (nSPS) is 10.6. The van der Waals surface area contributed by atoms with Crippen LogP contribution in [0.2, 0.25) is 0 Å². The van der Waals surface area contributed by atoms with Crippen molar-refractivity contribution < 1.29 is 23.7 Å². The van der Waals surface area contributed by atoms with Gasteiger partial charge in [-0.15, -0.1) is 5.10 Å².